The van der Waals surface area contributed by atoms with Crippen molar-refractivity contribution in [3.8, 4) is 0 Å². The molecule has 2 aromatic carbocycles. The maximum atomic E-state index is 12.6. The largest absolute Gasteiger partial charge is 0.378 e. The zero-order valence-corrected chi connectivity index (χ0v) is 16.3. The fraction of sp³-hybridized carbons (Fsp3) is 0.381. The second-order valence-electron chi connectivity index (χ2n) is 7.26. The van der Waals surface area contributed by atoms with E-state index >= 15 is 0 Å². The summed E-state index contributed by atoms with van der Waals surface area (Å²) in [5.41, 5.74) is 2.51. The van der Waals surface area contributed by atoms with Gasteiger partial charge in [0.15, 0.2) is 0 Å². The number of carbonyl (C=O) groups is 1. The maximum absolute atomic E-state index is 12.6. The predicted octanol–water partition coefficient (Wildman–Crippen LogP) is 3.23. The van der Waals surface area contributed by atoms with Crippen LogP contribution in [0.3, 0.4) is 0 Å². The number of nitrogens with zero attached hydrogens (tertiary/aromatic N) is 3. The van der Waals surface area contributed by atoms with E-state index in [-0.39, 0.29) is 17.6 Å². The number of carbonyl (C=O) groups excluding carboxylic acids is 1. The average molecular weight is 382 g/mol. The molecule has 3 rings (SSSR count). The van der Waals surface area contributed by atoms with Gasteiger partial charge >= 0.3 is 0 Å². The van der Waals surface area contributed by atoms with Gasteiger partial charge in [-0.3, -0.25) is 19.8 Å². The standard InChI is InChI=1S/C21H26N4O3/c1-23(2)18-10-8-16(9-11-18)20(24-12-3-4-13-24)15-22-21(26)17-6-5-7-19(14-17)25(27)28/h5-11,14,20H,3-4,12-13,15H2,1-2H3,(H,22,26)/t20-/m1/s1. The molecule has 0 aliphatic carbocycles. The van der Waals surface area contributed by atoms with Gasteiger partial charge in [0.2, 0.25) is 0 Å². The van der Waals surface area contributed by atoms with Crippen LogP contribution in [0.15, 0.2) is 48.5 Å². The fourth-order valence-electron chi connectivity index (χ4n) is 3.56. The molecule has 0 saturated carbocycles. The second-order valence-corrected chi connectivity index (χ2v) is 7.26. The molecular weight excluding hydrogens is 356 g/mol. The number of nitro groups is 1. The molecule has 0 spiro atoms. The van der Waals surface area contributed by atoms with Crippen molar-refractivity contribution >= 4 is 17.3 Å². The molecule has 1 aliphatic rings. The molecule has 7 nitrogen and oxygen atoms in total. The van der Waals surface area contributed by atoms with Crippen LogP contribution >= 0.6 is 0 Å². The van der Waals surface area contributed by atoms with Crippen LogP contribution in [0, 0.1) is 10.1 Å². The Kier molecular flexibility index (Phi) is 6.26. The van der Waals surface area contributed by atoms with Crippen molar-refractivity contribution in [1.29, 1.82) is 0 Å². The Labute approximate surface area is 165 Å². The van der Waals surface area contributed by atoms with E-state index in [9.17, 15) is 14.9 Å². The van der Waals surface area contributed by atoms with Gasteiger partial charge in [-0.15, -0.1) is 0 Å². The summed E-state index contributed by atoms with van der Waals surface area (Å²) in [6.45, 7) is 2.47. The number of amides is 1. The number of nitrogens with one attached hydrogen (secondary N) is 1. The van der Waals surface area contributed by atoms with Gasteiger partial charge in [0.25, 0.3) is 11.6 Å². The van der Waals surface area contributed by atoms with Gasteiger partial charge in [-0.05, 0) is 49.7 Å². The Balaban J connectivity index is 1.74. The number of rotatable bonds is 7. The van der Waals surface area contributed by atoms with E-state index in [2.05, 4.69) is 39.4 Å². The van der Waals surface area contributed by atoms with Crippen LogP contribution in [0.4, 0.5) is 11.4 Å². The van der Waals surface area contributed by atoms with Crippen molar-refractivity contribution in [2.45, 2.75) is 18.9 Å². The zero-order valence-electron chi connectivity index (χ0n) is 16.3. The monoisotopic (exact) mass is 382 g/mol. The number of anilines is 1. The van der Waals surface area contributed by atoms with E-state index in [0.717, 1.165) is 37.2 Å². The summed E-state index contributed by atoms with van der Waals surface area (Å²) >= 11 is 0. The molecule has 1 atom stereocenters. The van der Waals surface area contributed by atoms with E-state index in [1.54, 1.807) is 6.07 Å². The van der Waals surface area contributed by atoms with Crippen LogP contribution in [0.25, 0.3) is 0 Å². The number of hydrogen-bond acceptors (Lipinski definition) is 5. The number of hydrogen-bond donors (Lipinski definition) is 1. The normalized spacial score (nSPS) is 15.2. The van der Waals surface area contributed by atoms with Gasteiger partial charge < -0.3 is 10.2 Å². The highest BCUT2D eigenvalue weighted by Crippen LogP contribution is 2.26. The lowest BCUT2D eigenvalue weighted by molar-refractivity contribution is -0.384. The van der Waals surface area contributed by atoms with Gasteiger partial charge in [0, 0.05) is 44.0 Å². The molecule has 7 heteroatoms. The Hall–Kier alpha value is -2.93. The summed E-state index contributed by atoms with van der Waals surface area (Å²) in [6.07, 6.45) is 2.32. The van der Waals surface area contributed by atoms with Crippen LogP contribution in [-0.2, 0) is 0 Å². The first-order valence-electron chi connectivity index (χ1n) is 9.49. The van der Waals surface area contributed by atoms with Crippen molar-refractivity contribution < 1.29 is 9.72 Å². The summed E-state index contributed by atoms with van der Waals surface area (Å²) < 4.78 is 0. The summed E-state index contributed by atoms with van der Waals surface area (Å²) in [5.74, 6) is -0.294. The second kappa shape index (κ2) is 8.84. The highest BCUT2D eigenvalue weighted by molar-refractivity contribution is 5.94. The lowest BCUT2D eigenvalue weighted by Crippen LogP contribution is -2.36. The summed E-state index contributed by atoms with van der Waals surface area (Å²) in [7, 11) is 4.01. The van der Waals surface area contributed by atoms with Crippen molar-refractivity contribution in [2.24, 2.45) is 0 Å². The van der Waals surface area contributed by atoms with Gasteiger partial charge in [-0.25, -0.2) is 0 Å². The Bertz CT molecular complexity index is 830. The van der Waals surface area contributed by atoms with Crippen molar-refractivity contribution in [2.75, 3.05) is 38.6 Å². The SMILES string of the molecule is CN(C)c1ccc([C@@H](CNC(=O)c2cccc([N+](=O)[O-])c2)N2CCCC2)cc1. The molecule has 1 aliphatic heterocycles. The van der Waals surface area contributed by atoms with E-state index in [4.69, 9.17) is 0 Å². The third-order valence-electron chi connectivity index (χ3n) is 5.15. The van der Waals surface area contributed by atoms with Crippen LogP contribution < -0.4 is 10.2 Å². The van der Waals surface area contributed by atoms with Crippen molar-refractivity contribution in [3.63, 3.8) is 0 Å². The summed E-state index contributed by atoms with van der Waals surface area (Å²) in [5, 5.41) is 13.9. The van der Waals surface area contributed by atoms with E-state index in [1.807, 2.05) is 14.1 Å². The molecule has 0 aromatic heterocycles. The van der Waals surface area contributed by atoms with Crippen LogP contribution in [0.5, 0.6) is 0 Å². The number of nitro benzene ring substituents is 1. The molecule has 1 amide bonds. The number of likely N-dealkylation sites (tertiary alicyclic amines) is 1. The molecule has 1 fully saturated rings. The molecule has 0 bridgehead atoms. The number of non-ortho nitro benzene ring substituents is 1. The first-order chi connectivity index (χ1) is 13.5. The van der Waals surface area contributed by atoms with E-state index < -0.39 is 4.92 Å². The topological polar surface area (TPSA) is 78.7 Å². The Morgan fingerprint density at radius 1 is 1.18 bits per heavy atom. The zero-order chi connectivity index (χ0) is 20.1. The third-order valence-corrected chi connectivity index (χ3v) is 5.15. The number of benzene rings is 2. The van der Waals surface area contributed by atoms with Crippen LogP contribution in [0.1, 0.15) is 34.8 Å². The summed E-state index contributed by atoms with van der Waals surface area (Å²) in [6, 6.07) is 14.3. The Morgan fingerprint density at radius 3 is 2.46 bits per heavy atom. The first kappa shape index (κ1) is 19.8. The predicted molar refractivity (Wildman–Crippen MR) is 110 cm³/mol. The smallest absolute Gasteiger partial charge is 0.270 e. The van der Waals surface area contributed by atoms with E-state index in [0.29, 0.717) is 12.1 Å². The average Bonchev–Trinajstić information content (AvgIpc) is 3.23. The molecule has 0 unspecified atom stereocenters. The molecule has 2 aromatic rings. The van der Waals surface area contributed by atoms with Crippen LogP contribution in [-0.4, -0.2) is 49.5 Å². The van der Waals surface area contributed by atoms with Gasteiger partial charge in [-0.1, -0.05) is 18.2 Å². The molecule has 28 heavy (non-hydrogen) atoms. The highest BCUT2D eigenvalue weighted by atomic mass is 16.6. The van der Waals surface area contributed by atoms with E-state index in [1.165, 1.54) is 18.2 Å². The molecular formula is C21H26N4O3. The first-order valence-corrected chi connectivity index (χ1v) is 9.49. The minimum Gasteiger partial charge on any atom is -0.378 e. The third kappa shape index (κ3) is 4.67. The van der Waals surface area contributed by atoms with Gasteiger partial charge in [-0.2, -0.15) is 0 Å². The van der Waals surface area contributed by atoms with Gasteiger partial charge in [0.05, 0.1) is 11.0 Å². The molecule has 1 heterocycles. The molecule has 0 radical (unpaired) electrons. The van der Waals surface area contributed by atoms with Crippen LogP contribution in [0.2, 0.25) is 0 Å². The van der Waals surface area contributed by atoms with Gasteiger partial charge in [0.1, 0.15) is 0 Å². The minimum atomic E-state index is -0.490. The minimum absolute atomic E-state index is 0.0805. The highest BCUT2D eigenvalue weighted by Gasteiger charge is 2.24. The maximum Gasteiger partial charge on any atom is 0.270 e. The molecule has 1 saturated heterocycles. The molecule has 148 valence electrons. The fourth-order valence-corrected chi connectivity index (χ4v) is 3.56. The lowest BCUT2D eigenvalue weighted by Gasteiger charge is -2.28. The Morgan fingerprint density at radius 2 is 1.86 bits per heavy atom. The lowest BCUT2D eigenvalue weighted by atomic mass is 10.0. The van der Waals surface area contributed by atoms with Crippen molar-refractivity contribution in [1.82, 2.24) is 10.2 Å². The van der Waals surface area contributed by atoms with Crippen molar-refractivity contribution in [3.05, 3.63) is 69.8 Å². The summed E-state index contributed by atoms with van der Waals surface area (Å²) in [4.78, 5) is 27.4. The molecule has 1 N–H and O–H groups in total. The quantitative estimate of drug-likeness (QED) is 0.588.